The van der Waals surface area contributed by atoms with Crippen LogP contribution in [0.1, 0.15) is 24.4 Å². The number of para-hydroxylation sites is 2. The van der Waals surface area contributed by atoms with Gasteiger partial charge in [-0.05, 0) is 43.6 Å². The molecule has 2 atom stereocenters. The van der Waals surface area contributed by atoms with Gasteiger partial charge in [0.2, 0.25) is 6.10 Å². The number of fused-ring (bicyclic) bond motifs is 1. The molecule has 1 N–H and O–H groups in total. The van der Waals surface area contributed by atoms with Crippen LogP contribution in [0, 0.1) is 0 Å². The van der Waals surface area contributed by atoms with E-state index < -0.39 is 6.10 Å². The molecule has 26 heavy (non-hydrogen) atoms. The van der Waals surface area contributed by atoms with Crippen LogP contribution in [0.3, 0.4) is 0 Å². The lowest BCUT2D eigenvalue weighted by Crippen LogP contribution is -2.47. The number of amides is 1. The lowest BCUT2D eigenvalue weighted by atomic mass is 10.1. The molecule has 1 amide bonds. The number of rotatable bonds is 5. The van der Waals surface area contributed by atoms with E-state index in [1.807, 2.05) is 42.5 Å². The first kappa shape index (κ1) is 16.9. The standard InChI is InChI=1S/C21H24N2O3/c24-21(20-15-25-18-10-4-5-11-19(18)26-20)22-17(14-23-12-6-7-13-23)16-8-2-1-3-9-16/h1-5,8-11,17,20H,6-7,12-15H2,(H,22,24). The van der Waals surface area contributed by atoms with Gasteiger partial charge in [-0.2, -0.15) is 0 Å². The van der Waals surface area contributed by atoms with Crippen molar-refractivity contribution in [1.82, 2.24) is 10.2 Å². The highest BCUT2D eigenvalue weighted by molar-refractivity contribution is 5.82. The van der Waals surface area contributed by atoms with Crippen LogP contribution in [0.25, 0.3) is 0 Å². The molecule has 0 bridgehead atoms. The monoisotopic (exact) mass is 352 g/mol. The normalized spacial score (nSPS) is 20.5. The van der Waals surface area contributed by atoms with Crippen LogP contribution in [-0.2, 0) is 4.79 Å². The van der Waals surface area contributed by atoms with Crippen LogP contribution >= 0.6 is 0 Å². The Morgan fingerprint density at radius 3 is 2.50 bits per heavy atom. The van der Waals surface area contributed by atoms with E-state index in [-0.39, 0.29) is 18.6 Å². The van der Waals surface area contributed by atoms with E-state index in [4.69, 9.17) is 9.47 Å². The zero-order valence-electron chi connectivity index (χ0n) is 14.8. The second-order valence-corrected chi connectivity index (χ2v) is 6.84. The van der Waals surface area contributed by atoms with E-state index in [1.54, 1.807) is 0 Å². The van der Waals surface area contributed by atoms with Crippen LogP contribution in [0.2, 0.25) is 0 Å². The highest BCUT2D eigenvalue weighted by Gasteiger charge is 2.30. The molecule has 0 aliphatic carbocycles. The summed E-state index contributed by atoms with van der Waals surface area (Å²) in [6, 6.07) is 17.5. The molecule has 5 nitrogen and oxygen atoms in total. The molecule has 0 radical (unpaired) electrons. The van der Waals surface area contributed by atoms with Gasteiger partial charge in [-0.1, -0.05) is 42.5 Å². The first-order valence-electron chi connectivity index (χ1n) is 9.26. The van der Waals surface area contributed by atoms with Gasteiger partial charge < -0.3 is 19.7 Å². The maximum absolute atomic E-state index is 12.8. The number of carbonyl (C=O) groups excluding carboxylic acids is 1. The Bertz CT molecular complexity index is 744. The maximum Gasteiger partial charge on any atom is 0.265 e. The lowest BCUT2D eigenvalue weighted by Gasteiger charge is -2.29. The average Bonchev–Trinajstić information content (AvgIpc) is 3.21. The van der Waals surface area contributed by atoms with Crippen molar-refractivity contribution >= 4 is 5.91 Å². The van der Waals surface area contributed by atoms with Gasteiger partial charge in [0.1, 0.15) is 6.61 Å². The molecule has 2 aliphatic rings. The molecule has 1 fully saturated rings. The number of ether oxygens (including phenoxy) is 2. The van der Waals surface area contributed by atoms with Crippen molar-refractivity contribution in [3.05, 3.63) is 60.2 Å². The van der Waals surface area contributed by atoms with E-state index in [2.05, 4.69) is 22.3 Å². The predicted octanol–water partition coefficient (Wildman–Crippen LogP) is 2.78. The third-order valence-electron chi connectivity index (χ3n) is 4.96. The van der Waals surface area contributed by atoms with E-state index in [1.165, 1.54) is 12.8 Å². The Hall–Kier alpha value is -2.53. The summed E-state index contributed by atoms with van der Waals surface area (Å²) < 4.78 is 11.5. The molecule has 2 heterocycles. The van der Waals surface area contributed by atoms with Gasteiger partial charge in [0, 0.05) is 6.54 Å². The van der Waals surface area contributed by atoms with Crippen molar-refractivity contribution in [1.29, 1.82) is 0 Å². The second kappa shape index (κ2) is 7.79. The maximum atomic E-state index is 12.8. The van der Waals surface area contributed by atoms with Gasteiger partial charge in [0.15, 0.2) is 11.5 Å². The molecule has 0 saturated carbocycles. The van der Waals surface area contributed by atoms with Crippen LogP contribution in [0.15, 0.2) is 54.6 Å². The molecule has 0 spiro atoms. The summed E-state index contributed by atoms with van der Waals surface area (Å²) in [5, 5.41) is 3.18. The first-order chi connectivity index (χ1) is 12.8. The van der Waals surface area contributed by atoms with Crippen LogP contribution in [0.4, 0.5) is 0 Å². The molecule has 2 aromatic carbocycles. The van der Waals surface area contributed by atoms with Crippen molar-refractivity contribution in [2.24, 2.45) is 0 Å². The highest BCUT2D eigenvalue weighted by atomic mass is 16.6. The van der Waals surface area contributed by atoms with Gasteiger partial charge in [0.25, 0.3) is 5.91 Å². The highest BCUT2D eigenvalue weighted by Crippen LogP contribution is 2.31. The minimum absolute atomic E-state index is 0.0532. The Labute approximate surface area is 153 Å². The molecule has 2 aliphatic heterocycles. The molecule has 4 rings (SSSR count). The van der Waals surface area contributed by atoms with Crippen molar-refractivity contribution in [2.45, 2.75) is 25.0 Å². The minimum atomic E-state index is -0.630. The Kier molecular flexibility index (Phi) is 5.07. The minimum Gasteiger partial charge on any atom is -0.485 e. The Morgan fingerprint density at radius 2 is 1.73 bits per heavy atom. The molecule has 136 valence electrons. The number of nitrogens with zero attached hydrogens (tertiary/aromatic N) is 1. The average molecular weight is 352 g/mol. The van der Waals surface area contributed by atoms with E-state index in [0.29, 0.717) is 11.5 Å². The summed E-state index contributed by atoms with van der Waals surface area (Å²) in [6.45, 7) is 3.24. The first-order valence-corrected chi connectivity index (χ1v) is 9.26. The quantitative estimate of drug-likeness (QED) is 0.899. The fourth-order valence-corrected chi connectivity index (χ4v) is 3.56. The predicted molar refractivity (Wildman–Crippen MR) is 99.4 cm³/mol. The molecule has 2 unspecified atom stereocenters. The van der Waals surface area contributed by atoms with Crippen molar-refractivity contribution < 1.29 is 14.3 Å². The largest absolute Gasteiger partial charge is 0.485 e. The zero-order valence-corrected chi connectivity index (χ0v) is 14.8. The molecular weight excluding hydrogens is 328 g/mol. The summed E-state index contributed by atoms with van der Waals surface area (Å²) in [6.07, 6.45) is 1.83. The number of hydrogen-bond donors (Lipinski definition) is 1. The van der Waals surface area contributed by atoms with Gasteiger partial charge in [-0.25, -0.2) is 0 Å². The van der Waals surface area contributed by atoms with Crippen LogP contribution in [-0.4, -0.2) is 43.2 Å². The second-order valence-electron chi connectivity index (χ2n) is 6.84. The fourth-order valence-electron chi connectivity index (χ4n) is 3.56. The number of nitrogens with one attached hydrogen (secondary N) is 1. The fraction of sp³-hybridized carbons (Fsp3) is 0.381. The molecule has 1 saturated heterocycles. The van der Waals surface area contributed by atoms with Crippen LogP contribution < -0.4 is 14.8 Å². The molecule has 2 aromatic rings. The van der Waals surface area contributed by atoms with Crippen molar-refractivity contribution in [3.8, 4) is 11.5 Å². The SMILES string of the molecule is O=C(NC(CN1CCCC1)c1ccccc1)C1COc2ccccc2O1. The van der Waals surface area contributed by atoms with Gasteiger partial charge in [0.05, 0.1) is 6.04 Å². The van der Waals surface area contributed by atoms with Crippen molar-refractivity contribution in [3.63, 3.8) is 0 Å². The van der Waals surface area contributed by atoms with E-state index in [0.717, 1.165) is 25.2 Å². The summed E-state index contributed by atoms with van der Waals surface area (Å²) in [4.78, 5) is 15.2. The van der Waals surface area contributed by atoms with E-state index >= 15 is 0 Å². The summed E-state index contributed by atoms with van der Waals surface area (Å²) in [5.41, 5.74) is 1.12. The smallest absolute Gasteiger partial charge is 0.265 e. The molecule has 0 aromatic heterocycles. The Morgan fingerprint density at radius 1 is 1.04 bits per heavy atom. The number of carbonyl (C=O) groups is 1. The van der Waals surface area contributed by atoms with Gasteiger partial charge in [-0.15, -0.1) is 0 Å². The molecular formula is C21H24N2O3. The van der Waals surface area contributed by atoms with E-state index in [9.17, 15) is 4.79 Å². The van der Waals surface area contributed by atoms with Crippen LogP contribution in [0.5, 0.6) is 11.5 Å². The summed E-state index contributed by atoms with van der Waals surface area (Å²) in [7, 11) is 0. The lowest BCUT2D eigenvalue weighted by molar-refractivity contribution is -0.131. The third kappa shape index (κ3) is 3.83. The molecule has 5 heteroatoms. The van der Waals surface area contributed by atoms with Crippen molar-refractivity contribution in [2.75, 3.05) is 26.2 Å². The van der Waals surface area contributed by atoms with Gasteiger partial charge in [-0.3, -0.25) is 4.79 Å². The number of benzene rings is 2. The third-order valence-corrected chi connectivity index (χ3v) is 4.96. The summed E-state index contributed by atoms with van der Waals surface area (Å²) >= 11 is 0. The number of hydrogen-bond acceptors (Lipinski definition) is 4. The van der Waals surface area contributed by atoms with Gasteiger partial charge >= 0.3 is 0 Å². The topological polar surface area (TPSA) is 50.8 Å². The Balaban J connectivity index is 1.45. The zero-order chi connectivity index (χ0) is 17.8. The number of likely N-dealkylation sites (tertiary alicyclic amines) is 1. The summed E-state index contributed by atoms with van der Waals surface area (Å²) in [5.74, 6) is 1.18.